The van der Waals surface area contributed by atoms with E-state index in [9.17, 15) is 18.4 Å². The zero-order valence-corrected chi connectivity index (χ0v) is 20.1. The number of carbonyl (C=O) groups excluding carboxylic acids is 2. The first kappa shape index (κ1) is 27.2. The second-order valence-electron chi connectivity index (χ2n) is 8.48. The lowest BCUT2D eigenvalue weighted by Gasteiger charge is -2.34. The Kier molecular flexibility index (Phi) is 9.50. The summed E-state index contributed by atoms with van der Waals surface area (Å²) in [6.07, 6.45) is -3.11. The smallest absolute Gasteiger partial charge is 0.269 e. The molecule has 10 heteroatoms. The van der Waals surface area contributed by atoms with Crippen LogP contribution in [0.2, 0.25) is 0 Å². The number of carbonyl (C=O) groups is 2. The van der Waals surface area contributed by atoms with Crippen molar-refractivity contribution in [2.75, 3.05) is 33.4 Å². The van der Waals surface area contributed by atoms with Crippen molar-refractivity contribution in [3.05, 3.63) is 70.8 Å². The standard InChI is InChI=1S/C26H29F2N3O5/c1-26(35-2,25(27)28)22(24(33)30-34)29-23(32)21-11-9-19(10-12-21)4-3-18-5-7-20(8-6-18)17-31-13-15-36-16-14-31/h5-12,22,25,34H,13-17H2,1-2H3,(H,29,32)(H,30,33)/t22-,26?/m1/s1. The Balaban J connectivity index is 1.64. The second kappa shape index (κ2) is 12.6. The van der Waals surface area contributed by atoms with Gasteiger partial charge in [0.2, 0.25) is 0 Å². The highest BCUT2D eigenvalue weighted by molar-refractivity contribution is 5.97. The Morgan fingerprint density at radius 1 is 1.08 bits per heavy atom. The van der Waals surface area contributed by atoms with Crippen LogP contribution in [0, 0.1) is 11.8 Å². The van der Waals surface area contributed by atoms with Crippen LogP contribution in [0.4, 0.5) is 8.78 Å². The van der Waals surface area contributed by atoms with Gasteiger partial charge in [0.25, 0.3) is 18.2 Å². The molecule has 1 fully saturated rings. The van der Waals surface area contributed by atoms with Gasteiger partial charge in [0.05, 0.1) is 13.2 Å². The van der Waals surface area contributed by atoms with E-state index in [1.165, 1.54) is 23.2 Å². The minimum Gasteiger partial charge on any atom is -0.379 e. The lowest BCUT2D eigenvalue weighted by Crippen LogP contribution is -2.62. The summed E-state index contributed by atoms with van der Waals surface area (Å²) in [5.74, 6) is 4.07. The Hall–Kier alpha value is -3.36. The van der Waals surface area contributed by atoms with E-state index in [1.807, 2.05) is 24.3 Å². The average molecular weight is 502 g/mol. The summed E-state index contributed by atoms with van der Waals surface area (Å²) in [6.45, 7) is 5.18. The molecule has 3 rings (SSSR count). The van der Waals surface area contributed by atoms with Crippen LogP contribution in [0.15, 0.2) is 48.5 Å². The summed E-state index contributed by atoms with van der Waals surface area (Å²) in [4.78, 5) is 26.9. The molecule has 8 nitrogen and oxygen atoms in total. The van der Waals surface area contributed by atoms with Gasteiger partial charge < -0.3 is 14.8 Å². The summed E-state index contributed by atoms with van der Waals surface area (Å²) < 4.78 is 37.2. The SMILES string of the molecule is COC(C)(C(F)F)[C@H](NC(=O)c1ccc(C#Cc2ccc(CN3CCOCC3)cc2)cc1)C(=O)NO. The van der Waals surface area contributed by atoms with Crippen molar-refractivity contribution in [2.24, 2.45) is 0 Å². The fourth-order valence-electron chi connectivity index (χ4n) is 3.64. The molecule has 1 unspecified atom stereocenters. The number of nitrogens with zero attached hydrogens (tertiary/aromatic N) is 1. The first-order valence-electron chi connectivity index (χ1n) is 11.4. The van der Waals surface area contributed by atoms with Gasteiger partial charge in [0.1, 0.15) is 6.04 Å². The second-order valence-corrected chi connectivity index (χ2v) is 8.48. The molecule has 3 N–H and O–H groups in total. The molecule has 1 heterocycles. The van der Waals surface area contributed by atoms with E-state index in [-0.39, 0.29) is 5.56 Å². The van der Waals surface area contributed by atoms with Crippen LogP contribution in [0.1, 0.15) is 34.0 Å². The van der Waals surface area contributed by atoms with Gasteiger partial charge >= 0.3 is 0 Å². The van der Waals surface area contributed by atoms with Gasteiger partial charge in [-0.15, -0.1) is 0 Å². The summed E-state index contributed by atoms with van der Waals surface area (Å²) >= 11 is 0. The van der Waals surface area contributed by atoms with E-state index in [0.717, 1.165) is 52.4 Å². The molecule has 0 aliphatic carbocycles. The van der Waals surface area contributed by atoms with E-state index in [1.54, 1.807) is 12.1 Å². The number of morpholine rings is 1. The number of hydroxylamine groups is 1. The van der Waals surface area contributed by atoms with E-state index in [0.29, 0.717) is 5.56 Å². The van der Waals surface area contributed by atoms with E-state index in [4.69, 9.17) is 14.7 Å². The van der Waals surface area contributed by atoms with E-state index in [2.05, 4.69) is 22.1 Å². The van der Waals surface area contributed by atoms with Crippen molar-refractivity contribution in [1.29, 1.82) is 0 Å². The van der Waals surface area contributed by atoms with Gasteiger partial charge in [-0.2, -0.15) is 0 Å². The van der Waals surface area contributed by atoms with Gasteiger partial charge in [0.15, 0.2) is 5.60 Å². The number of halogens is 2. The molecule has 2 aromatic rings. The number of methoxy groups -OCH3 is 1. The molecule has 2 aromatic carbocycles. The molecular weight excluding hydrogens is 472 g/mol. The van der Waals surface area contributed by atoms with Crippen LogP contribution < -0.4 is 10.8 Å². The van der Waals surface area contributed by atoms with Crippen LogP contribution in [0.25, 0.3) is 0 Å². The fraction of sp³-hybridized carbons (Fsp3) is 0.385. The van der Waals surface area contributed by atoms with Crippen molar-refractivity contribution in [3.63, 3.8) is 0 Å². The van der Waals surface area contributed by atoms with E-state index < -0.39 is 29.9 Å². The molecule has 0 saturated carbocycles. The third kappa shape index (κ3) is 6.86. The van der Waals surface area contributed by atoms with Crippen LogP contribution in [0.3, 0.4) is 0 Å². The predicted molar refractivity (Wildman–Crippen MR) is 128 cm³/mol. The number of benzene rings is 2. The summed E-state index contributed by atoms with van der Waals surface area (Å²) in [6, 6.07) is 12.3. The molecule has 0 bridgehead atoms. The van der Waals surface area contributed by atoms with E-state index >= 15 is 0 Å². The van der Waals surface area contributed by atoms with Crippen molar-refractivity contribution in [2.45, 2.75) is 31.5 Å². The van der Waals surface area contributed by atoms with Crippen molar-refractivity contribution in [3.8, 4) is 11.8 Å². The number of amides is 2. The number of hydrogen-bond donors (Lipinski definition) is 3. The highest BCUT2D eigenvalue weighted by Gasteiger charge is 2.48. The lowest BCUT2D eigenvalue weighted by atomic mass is 9.95. The van der Waals surface area contributed by atoms with Gasteiger partial charge in [-0.05, 0) is 48.9 Å². The third-order valence-electron chi connectivity index (χ3n) is 6.06. The number of rotatable bonds is 8. The topological polar surface area (TPSA) is 100 Å². The minimum atomic E-state index is -3.11. The normalized spacial score (nSPS) is 16.4. The Morgan fingerprint density at radius 3 is 2.14 bits per heavy atom. The van der Waals surface area contributed by atoms with Gasteiger partial charge in [-0.25, -0.2) is 14.3 Å². The largest absolute Gasteiger partial charge is 0.379 e. The van der Waals surface area contributed by atoms with Crippen molar-refractivity contribution >= 4 is 11.8 Å². The summed E-state index contributed by atoms with van der Waals surface area (Å²) in [5.41, 5.74) is 1.73. The minimum absolute atomic E-state index is 0.122. The maximum absolute atomic E-state index is 13.5. The van der Waals surface area contributed by atoms with Crippen LogP contribution in [-0.4, -0.2) is 73.4 Å². The highest BCUT2D eigenvalue weighted by Crippen LogP contribution is 2.24. The van der Waals surface area contributed by atoms with Crippen LogP contribution in [-0.2, 0) is 20.8 Å². The molecule has 1 saturated heterocycles. The molecule has 1 aliphatic heterocycles. The number of ether oxygens (including phenoxy) is 2. The van der Waals surface area contributed by atoms with Crippen molar-refractivity contribution in [1.82, 2.24) is 15.7 Å². The molecule has 2 amide bonds. The number of alkyl halides is 2. The monoisotopic (exact) mass is 501 g/mol. The molecule has 0 spiro atoms. The lowest BCUT2D eigenvalue weighted by molar-refractivity contribution is -0.157. The van der Waals surface area contributed by atoms with Gasteiger partial charge in [-0.3, -0.25) is 19.7 Å². The molecular formula is C26H29F2N3O5. The maximum atomic E-state index is 13.5. The molecule has 0 radical (unpaired) electrons. The molecule has 1 aliphatic rings. The molecule has 2 atom stereocenters. The van der Waals surface area contributed by atoms with Gasteiger partial charge in [-0.1, -0.05) is 24.0 Å². The Morgan fingerprint density at radius 2 is 1.64 bits per heavy atom. The first-order chi connectivity index (χ1) is 17.3. The summed E-state index contributed by atoms with van der Waals surface area (Å²) in [5, 5.41) is 11.1. The molecule has 36 heavy (non-hydrogen) atoms. The van der Waals surface area contributed by atoms with Gasteiger partial charge in [0, 0.05) is 43.4 Å². The maximum Gasteiger partial charge on any atom is 0.269 e. The first-order valence-corrected chi connectivity index (χ1v) is 11.4. The zero-order valence-electron chi connectivity index (χ0n) is 20.1. The highest BCUT2D eigenvalue weighted by atomic mass is 19.3. The Labute approximate surface area is 208 Å². The zero-order chi connectivity index (χ0) is 26.1. The quantitative estimate of drug-likeness (QED) is 0.291. The summed E-state index contributed by atoms with van der Waals surface area (Å²) in [7, 11) is 0.987. The molecule has 0 aromatic heterocycles. The number of nitrogens with one attached hydrogen (secondary N) is 2. The van der Waals surface area contributed by atoms with Crippen LogP contribution >= 0.6 is 0 Å². The average Bonchev–Trinajstić information content (AvgIpc) is 2.91. The van der Waals surface area contributed by atoms with Crippen LogP contribution in [0.5, 0.6) is 0 Å². The predicted octanol–water partition coefficient (Wildman–Crippen LogP) is 2.19. The fourth-order valence-corrected chi connectivity index (χ4v) is 3.64. The third-order valence-corrected chi connectivity index (χ3v) is 6.06. The number of hydrogen-bond acceptors (Lipinski definition) is 6. The molecule has 192 valence electrons. The van der Waals surface area contributed by atoms with Crippen molar-refractivity contribution < 1.29 is 33.1 Å². The Bertz CT molecular complexity index is 1090.